The number of nitrogens with one attached hydrogen (secondary N) is 1. The van der Waals surface area contributed by atoms with Gasteiger partial charge in [0.1, 0.15) is 6.04 Å². The second kappa shape index (κ2) is 9.03. The number of aromatic amines is 1. The van der Waals surface area contributed by atoms with E-state index in [1.54, 1.807) is 21.9 Å². The summed E-state index contributed by atoms with van der Waals surface area (Å²) in [4.78, 5) is 47.5. The molecule has 1 N–H and O–H groups in total. The second-order valence-corrected chi connectivity index (χ2v) is 9.55. The minimum Gasteiger partial charge on any atom is -0.379 e. The van der Waals surface area contributed by atoms with E-state index in [4.69, 9.17) is 4.74 Å². The fraction of sp³-hybridized carbons (Fsp3) is 0.385. The molecule has 2 saturated heterocycles. The number of rotatable bonds is 5. The first-order chi connectivity index (χ1) is 17.5. The van der Waals surface area contributed by atoms with Gasteiger partial charge in [0.2, 0.25) is 11.8 Å². The molecule has 2 fully saturated rings. The Balaban J connectivity index is 1.39. The highest BCUT2D eigenvalue weighted by atomic mass is 16.6. The zero-order chi connectivity index (χ0) is 24.8. The molecule has 3 aliphatic rings. The summed E-state index contributed by atoms with van der Waals surface area (Å²) >= 11 is 0. The molecular weight excluding hydrogens is 462 g/mol. The number of para-hydroxylation sites is 1. The van der Waals surface area contributed by atoms with Crippen LogP contribution in [0.1, 0.15) is 22.9 Å². The maximum absolute atomic E-state index is 13.8. The van der Waals surface area contributed by atoms with Crippen LogP contribution in [0.2, 0.25) is 0 Å². The van der Waals surface area contributed by atoms with Crippen molar-refractivity contribution < 1.29 is 19.2 Å². The number of amides is 2. The van der Waals surface area contributed by atoms with Crippen molar-refractivity contribution in [1.29, 1.82) is 0 Å². The Hall–Kier alpha value is -3.76. The zero-order valence-corrected chi connectivity index (χ0v) is 19.8. The Morgan fingerprint density at radius 3 is 2.67 bits per heavy atom. The van der Waals surface area contributed by atoms with Crippen molar-refractivity contribution in [3.63, 3.8) is 0 Å². The number of aromatic nitrogens is 1. The van der Waals surface area contributed by atoms with Crippen LogP contribution in [0, 0.1) is 10.1 Å². The Labute approximate surface area is 207 Å². The maximum Gasteiger partial charge on any atom is 0.269 e. The van der Waals surface area contributed by atoms with E-state index in [1.165, 1.54) is 12.1 Å². The van der Waals surface area contributed by atoms with Gasteiger partial charge in [0, 0.05) is 61.3 Å². The Morgan fingerprint density at radius 1 is 1.06 bits per heavy atom. The van der Waals surface area contributed by atoms with Crippen LogP contribution >= 0.6 is 0 Å². The van der Waals surface area contributed by atoms with Crippen LogP contribution in [0.15, 0.2) is 48.5 Å². The van der Waals surface area contributed by atoms with E-state index in [-0.39, 0.29) is 24.0 Å². The van der Waals surface area contributed by atoms with E-state index < -0.39 is 17.0 Å². The van der Waals surface area contributed by atoms with E-state index in [9.17, 15) is 19.7 Å². The molecule has 2 atom stereocenters. The second-order valence-electron chi connectivity index (χ2n) is 9.55. The lowest BCUT2D eigenvalue weighted by molar-refractivity contribution is -0.384. The van der Waals surface area contributed by atoms with Crippen LogP contribution in [0.3, 0.4) is 0 Å². The van der Waals surface area contributed by atoms with Gasteiger partial charge in [-0.05, 0) is 17.2 Å². The predicted molar refractivity (Wildman–Crippen MR) is 131 cm³/mol. The number of hydrogen-bond acceptors (Lipinski definition) is 6. The summed E-state index contributed by atoms with van der Waals surface area (Å²) in [6.45, 7) is 4.17. The van der Waals surface area contributed by atoms with Gasteiger partial charge in [-0.3, -0.25) is 24.6 Å². The molecule has 4 heterocycles. The number of carbonyl (C=O) groups excluding carboxylic acids is 2. The smallest absolute Gasteiger partial charge is 0.269 e. The van der Waals surface area contributed by atoms with E-state index in [0.29, 0.717) is 38.3 Å². The van der Waals surface area contributed by atoms with Gasteiger partial charge in [0.15, 0.2) is 0 Å². The van der Waals surface area contributed by atoms with Gasteiger partial charge in [-0.15, -0.1) is 0 Å². The monoisotopic (exact) mass is 489 g/mol. The number of morpholine rings is 1. The molecule has 2 amide bonds. The standard InChI is InChI=1S/C26H27N5O5/c32-23-16-29(9-8-28-10-12-36-13-11-28)26(33)22-15-20-19-6-1-2-7-21(19)27-24(20)25(30(22)23)17-4-3-5-18(14-17)31(34)35/h1-7,14,22,25,27H,8-13,15-16H2/t22-,25?/m0/s1. The van der Waals surface area contributed by atoms with E-state index in [1.807, 2.05) is 24.3 Å². The molecule has 10 nitrogen and oxygen atoms in total. The number of benzene rings is 2. The van der Waals surface area contributed by atoms with Crippen LogP contribution in [0.5, 0.6) is 0 Å². The summed E-state index contributed by atoms with van der Waals surface area (Å²) in [5.41, 5.74) is 3.29. The van der Waals surface area contributed by atoms with Gasteiger partial charge in [0.05, 0.1) is 30.7 Å². The van der Waals surface area contributed by atoms with Gasteiger partial charge < -0.3 is 19.5 Å². The quantitative estimate of drug-likeness (QED) is 0.434. The summed E-state index contributed by atoms with van der Waals surface area (Å²) < 4.78 is 5.41. The van der Waals surface area contributed by atoms with E-state index in [0.717, 1.165) is 35.2 Å². The molecule has 186 valence electrons. The number of non-ortho nitro benzene ring substituents is 1. The molecule has 0 saturated carbocycles. The minimum absolute atomic E-state index is 0.000657. The van der Waals surface area contributed by atoms with Crippen LogP contribution in [0.4, 0.5) is 5.69 Å². The van der Waals surface area contributed by atoms with Gasteiger partial charge in [-0.2, -0.15) is 0 Å². The molecule has 3 aromatic rings. The van der Waals surface area contributed by atoms with E-state index >= 15 is 0 Å². The SMILES string of the molecule is O=C1[C@@H]2Cc3c([nH]c4ccccc34)C(c3cccc([N+](=O)[O-])c3)N2C(=O)CN1CCN1CCOCC1. The Morgan fingerprint density at radius 2 is 1.86 bits per heavy atom. The third-order valence-corrected chi connectivity index (χ3v) is 7.53. The summed E-state index contributed by atoms with van der Waals surface area (Å²) in [5, 5.41) is 12.5. The van der Waals surface area contributed by atoms with Crippen LogP contribution in [-0.4, -0.2) is 88.4 Å². The molecular formula is C26H27N5O5. The van der Waals surface area contributed by atoms with Gasteiger partial charge in [0.25, 0.3) is 5.69 Å². The number of nitro groups is 1. The molecule has 0 radical (unpaired) electrons. The highest BCUT2D eigenvalue weighted by molar-refractivity contribution is 5.97. The maximum atomic E-state index is 13.8. The molecule has 36 heavy (non-hydrogen) atoms. The molecule has 0 bridgehead atoms. The number of nitro benzene ring substituents is 1. The number of carbonyl (C=O) groups is 2. The molecule has 1 aromatic heterocycles. The lowest BCUT2D eigenvalue weighted by Gasteiger charge is -2.47. The van der Waals surface area contributed by atoms with Crippen LogP contribution in [-0.2, 0) is 20.7 Å². The Kier molecular flexibility index (Phi) is 5.69. The topological polar surface area (TPSA) is 112 Å². The number of ether oxygens (including phenoxy) is 1. The Bertz CT molecular complexity index is 1350. The third-order valence-electron chi connectivity index (χ3n) is 7.53. The lowest BCUT2D eigenvalue weighted by Crippen LogP contribution is -2.63. The average Bonchev–Trinajstić information content (AvgIpc) is 3.28. The fourth-order valence-electron chi connectivity index (χ4n) is 5.75. The van der Waals surface area contributed by atoms with Crippen LogP contribution in [0.25, 0.3) is 10.9 Å². The first-order valence-electron chi connectivity index (χ1n) is 12.2. The summed E-state index contributed by atoms with van der Waals surface area (Å²) in [5.74, 6) is -0.225. The molecule has 1 unspecified atom stereocenters. The number of fused-ring (bicyclic) bond motifs is 4. The summed E-state index contributed by atoms with van der Waals surface area (Å²) in [7, 11) is 0. The molecule has 6 rings (SSSR count). The predicted octanol–water partition coefficient (Wildman–Crippen LogP) is 2.09. The van der Waals surface area contributed by atoms with Gasteiger partial charge in [-0.25, -0.2) is 0 Å². The van der Waals surface area contributed by atoms with Crippen molar-refractivity contribution in [3.05, 3.63) is 75.5 Å². The van der Waals surface area contributed by atoms with Gasteiger partial charge in [-0.1, -0.05) is 30.3 Å². The first-order valence-corrected chi connectivity index (χ1v) is 12.2. The van der Waals surface area contributed by atoms with E-state index in [2.05, 4.69) is 9.88 Å². The number of hydrogen-bond donors (Lipinski definition) is 1. The molecule has 0 aliphatic carbocycles. The van der Waals surface area contributed by atoms with Crippen LogP contribution < -0.4 is 0 Å². The molecule has 10 heteroatoms. The third kappa shape index (κ3) is 3.82. The minimum atomic E-state index is -0.660. The highest BCUT2D eigenvalue weighted by Gasteiger charge is 2.48. The number of nitrogens with zero attached hydrogens (tertiary/aromatic N) is 4. The highest BCUT2D eigenvalue weighted by Crippen LogP contribution is 2.43. The molecule has 0 spiro atoms. The fourth-order valence-corrected chi connectivity index (χ4v) is 5.75. The van der Waals surface area contributed by atoms with Crippen molar-refractivity contribution in [1.82, 2.24) is 19.7 Å². The number of H-pyrrole nitrogens is 1. The van der Waals surface area contributed by atoms with Crippen molar-refractivity contribution in [3.8, 4) is 0 Å². The average molecular weight is 490 g/mol. The largest absolute Gasteiger partial charge is 0.379 e. The van der Waals surface area contributed by atoms with Crippen molar-refractivity contribution in [2.45, 2.75) is 18.5 Å². The molecule has 3 aliphatic heterocycles. The normalized spacial score (nSPS) is 22.6. The molecule has 2 aromatic carbocycles. The van der Waals surface area contributed by atoms with Crippen molar-refractivity contribution in [2.24, 2.45) is 0 Å². The van der Waals surface area contributed by atoms with Crippen molar-refractivity contribution in [2.75, 3.05) is 45.9 Å². The van der Waals surface area contributed by atoms with Crippen molar-refractivity contribution >= 4 is 28.4 Å². The lowest BCUT2D eigenvalue weighted by atomic mass is 9.86. The summed E-state index contributed by atoms with van der Waals surface area (Å²) in [6.07, 6.45) is 0.406. The number of piperazine rings is 1. The first kappa shape index (κ1) is 22.7. The summed E-state index contributed by atoms with van der Waals surface area (Å²) in [6, 6.07) is 13.0. The van der Waals surface area contributed by atoms with Gasteiger partial charge >= 0.3 is 0 Å². The zero-order valence-electron chi connectivity index (χ0n) is 19.8.